The molecular weight excluding hydrogens is 257 g/mol. The molecule has 1 fully saturated rings. The summed E-state index contributed by atoms with van der Waals surface area (Å²) in [5.74, 6) is 0.854. The van der Waals surface area contributed by atoms with E-state index in [0.717, 1.165) is 37.3 Å². The maximum Gasteiger partial charge on any atom is 0.123 e. The maximum atomic E-state index is 13.6. The van der Waals surface area contributed by atoms with E-state index in [9.17, 15) is 4.39 Å². The first-order valence-electron chi connectivity index (χ1n) is 7.35. The minimum atomic E-state index is -0.226. The lowest BCUT2D eigenvalue weighted by atomic mass is 9.87. The minimum Gasteiger partial charge on any atom is -0.496 e. The van der Waals surface area contributed by atoms with Crippen molar-refractivity contribution < 1.29 is 13.9 Å². The Morgan fingerprint density at radius 3 is 2.90 bits per heavy atom. The van der Waals surface area contributed by atoms with Gasteiger partial charge < -0.3 is 14.8 Å². The number of halogens is 1. The Morgan fingerprint density at radius 2 is 2.30 bits per heavy atom. The molecule has 1 N–H and O–H groups in total. The molecule has 0 aromatic heterocycles. The molecular formula is C16H24FNO2. The Hall–Kier alpha value is -1.13. The smallest absolute Gasteiger partial charge is 0.123 e. The predicted octanol–water partition coefficient (Wildman–Crippen LogP) is 3.30. The number of nitrogens with one attached hydrogen (secondary N) is 1. The zero-order valence-electron chi connectivity index (χ0n) is 12.5. The Kier molecular flexibility index (Phi) is 5.38. The van der Waals surface area contributed by atoms with Gasteiger partial charge in [-0.15, -0.1) is 0 Å². The van der Waals surface area contributed by atoms with Gasteiger partial charge in [0.25, 0.3) is 0 Å². The van der Waals surface area contributed by atoms with Gasteiger partial charge in [-0.25, -0.2) is 4.39 Å². The predicted molar refractivity (Wildman–Crippen MR) is 77.5 cm³/mol. The molecule has 4 heteroatoms. The molecule has 2 rings (SSSR count). The molecule has 0 radical (unpaired) electrons. The van der Waals surface area contributed by atoms with E-state index in [1.807, 2.05) is 0 Å². The highest BCUT2D eigenvalue weighted by molar-refractivity contribution is 5.37. The van der Waals surface area contributed by atoms with Crippen LogP contribution in [-0.2, 0) is 4.74 Å². The summed E-state index contributed by atoms with van der Waals surface area (Å²) in [6.45, 7) is 5.88. The molecule has 3 nitrogen and oxygen atoms in total. The van der Waals surface area contributed by atoms with Gasteiger partial charge >= 0.3 is 0 Å². The molecule has 3 unspecified atom stereocenters. The highest BCUT2D eigenvalue weighted by atomic mass is 19.1. The quantitative estimate of drug-likeness (QED) is 0.868. The highest BCUT2D eigenvalue weighted by Gasteiger charge is 2.34. The molecule has 1 aliphatic rings. The van der Waals surface area contributed by atoms with E-state index in [1.165, 1.54) is 6.07 Å². The first-order chi connectivity index (χ1) is 9.67. The van der Waals surface area contributed by atoms with Crippen molar-refractivity contribution >= 4 is 0 Å². The van der Waals surface area contributed by atoms with Gasteiger partial charge in [-0.1, -0.05) is 6.92 Å². The van der Waals surface area contributed by atoms with E-state index in [-0.39, 0.29) is 18.0 Å². The van der Waals surface area contributed by atoms with Gasteiger partial charge in [-0.05, 0) is 44.5 Å². The second kappa shape index (κ2) is 7.04. The van der Waals surface area contributed by atoms with Gasteiger partial charge in [0.05, 0.1) is 13.2 Å². The third-order valence-corrected chi connectivity index (χ3v) is 4.00. The van der Waals surface area contributed by atoms with Crippen LogP contribution in [0.3, 0.4) is 0 Å². The molecule has 1 saturated heterocycles. The van der Waals surface area contributed by atoms with Gasteiger partial charge in [-0.2, -0.15) is 0 Å². The van der Waals surface area contributed by atoms with Crippen LogP contribution in [0.2, 0.25) is 0 Å². The van der Waals surface area contributed by atoms with E-state index in [2.05, 4.69) is 19.2 Å². The number of hydrogen-bond donors (Lipinski definition) is 1. The summed E-state index contributed by atoms with van der Waals surface area (Å²) in [6, 6.07) is 4.79. The third kappa shape index (κ3) is 3.30. The van der Waals surface area contributed by atoms with Crippen LogP contribution < -0.4 is 10.1 Å². The fourth-order valence-electron chi connectivity index (χ4n) is 2.93. The van der Waals surface area contributed by atoms with E-state index in [0.29, 0.717) is 5.92 Å². The molecule has 0 bridgehead atoms. The second-order valence-corrected chi connectivity index (χ2v) is 5.35. The third-order valence-electron chi connectivity index (χ3n) is 4.00. The Labute approximate surface area is 120 Å². The van der Waals surface area contributed by atoms with Gasteiger partial charge in [0, 0.05) is 24.1 Å². The molecule has 0 saturated carbocycles. The van der Waals surface area contributed by atoms with Crippen molar-refractivity contribution in [3.8, 4) is 5.75 Å². The molecule has 0 spiro atoms. The zero-order valence-corrected chi connectivity index (χ0v) is 12.5. The SMILES string of the molecule is CCCNC(c1cc(F)ccc1OC)C1CCOC1C. The molecule has 112 valence electrons. The summed E-state index contributed by atoms with van der Waals surface area (Å²) in [7, 11) is 1.63. The highest BCUT2D eigenvalue weighted by Crippen LogP contribution is 2.37. The Balaban J connectivity index is 2.32. The standard InChI is InChI=1S/C16H24FNO2/c1-4-8-18-16(13-7-9-20-11(13)2)14-10-12(17)5-6-15(14)19-3/h5-6,10-11,13,16,18H,4,7-9H2,1-3H3. The van der Waals surface area contributed by atoms with Crippen molar-refractivity contribution in [2.45, 2.75) is 38.8 Å². The average molecular weight is 281 g/mol. The molecule has 0 aliphatic carbocycles. The minimum absolute atomic E-state index is 0.0677. The van der Waals surface area contributed by atoms with Gasteiger partial charge in [0.15, 0.2) is 0 Å². The van der Waals surface area contributed by atoms with Gasteiger partial charge in [-0.3, -0.25) is 0 Å². The van der Waals surface area contributed by atoms with Crippen molar-refractivity contribution in [1.29, 1.82) is 0 Å². The van der Waals surface area contributed by atoms with Crippen LogP contribution in [-0.4, -0.2) is 26.4 Å². The van der Waals surface area contributed by atoms with Crippen LogP contribution >= 0.6 is 0 Å². The molecule has 1 aromatic carbocycles. The van der Waals surface area contributed by atoms with E-state index < -0.39 is 0 Å². The lowest BCUT2D eigenvalue weighted by Crippen LogP contribution is -2.32. The summed E-state index contributed by atoms with van der Waals surface area (Å²) < 4.78 is 24.7. The van der Waals surface area contributed by atoms with Crippen molar-refractivity contribution in [3.05, 3.63) is 29.6 Å². The molecule has 20 heavy (non-hydrogen) atoms. The van der Waals surface area contributed by atoms with Crippen LogP contribution in [0.15, 0.2) is 18.2 Å². The Bertz CT molecular complexity index is 438. The van der Waals surface area contributed by atoms with Crippen LogP contribution in [0, 0.1) is 11.7 Å². The molecule has 1 aromatic rings. The number of benzene rings is 1. The molecule has 1 heterocycles. The van der Waals surface area contributed by atoms with Crippen molar-refractivity contribution in [2.75, 3.05) is 20.3 Å². The maximum absolute atomic E-state index is 13.6. The largest absolute Gasteiger partial charge is 0.496 e. The number of methoxy groups -OCH3 is 1. The van der Waals surface area contributed by atoms with Crippen LogP contribution in [0.1, 0.15) is 38.3 Å². The Morgan fingerprint density at radius 1 is 1.50 bits per heavy atom. The van der Waals surface area contributed by atoms with Crippen LogP contribution in [0.25, 0.3) is 0 Å². The van der Waals surface area contributed by atoms with Crippen molar-refractivity contribution in [1.82, 2.24) is 5.32 Å². The zero-order chi connectivity index (χ0) is 14.5. The van der Waals surface area contributed by atoms with Gasteiger partial charge in [0.2, 0.25) is 0 Å². The topological polar surface area (TPSA) is 30.5 Å². The van der Waals surface area contributed by atoms with Crippen LogP contribution in [0.4, 0.5) is 4.39 Å². The van der Waals surface area contributed by atoms with E-state index in [4.69, 9.17) is 9.47 Å². The molecule has 1 aliphatic heterocycles. The summed E-state index contributed by atoms with van der Waals surface area (Å²) in [4.78, 5) is 0. The lowest BCUT2D eigenvalue weighted by molar-refractivity contribution is 0.0950. The average Bonchev–Trinajstić information content (AvgIpc) is 2.86. The monoisotopic (exact) mass is 281 g/mol. The van der Waals surface area contributed by atoms with Crippen molar-refractivity contribution in [2.24, 2.45) is 5.92 Å². The molecule has 0 amide bonds. The van der Waals surface area contributed by atoms with Gasteiger partial charge in [0.1, 0.15) is 11.6 Å². The van der Waals surface area contributed by atoms with Crippen LogP contribution in [0.5, 0.6) is 5.75 Å². The first-order valence-corrected chi connectivity index (χ1v) is 7.35. The lowest BCUT2D eigenvalue weighted by Gasteiger charge is -2.28. The normalized spacial score (nSPS) is 23.8. The first kappa shape index (κ1) is 15.3. The van der Waals surface area contributed by atoms with E-state index in [1.54, 1.807) is 19.2 Å². The second-order valence-electron chi connectivity index (χ2n) is 5.35. The fraction of sp³-hybridized carbons (Fsp3) is 0.625. The fourth-order valence-corrected chi connectivity index (χ4v) is 2.93. The van der Waals surface area contributed by atoms with Crippen molar-refractivity contribution in [3.63, 3.8) is 0 Å². The number of hydrogen-bond acceptors (Lipinski definition) is 3. The number of ether oxygens (including phenoxy) is 2. The number of rotatable bonds is 6. The summed E-state index contributed by atoms with van der Waals surface area (Å²) >= 11 is 0. The molecule has 3 atom stereocenters. The summed E-state index contributed by atoms with van der Waals surface area (Å²) in [6.07, 6.45) is 2.20. The van der Waals surface area contributed by atoms with E-state index >= 15 is 0 Å². The summed E-state index contributed by atoms with van der Waals surface area (Å²) in [5, 5.41) is 3.53. The summed E-state index contributed by atoms with van der Waals surface area (Å²) in [5.41, 5.74) is 0.892.